The van der Waals surface area contributed by atoms with Crippen molar-refractivity contribution in [3.8, 4) is 5.75 Å². The summed E-state index contributed by atoms with van der Waals surface area (Å²) in [5.74, 6) is -1.54. The number of unbranched alkanes of at least 4 members (excludes halogenated alkanes) is 2. The topological polar surface area (TPSA) is 217 Å². The lowest BCUT2D eigenvalue weighted by Crippen LogP contribution is -2.64. The molecule has 0 unspecified atom stereocenters. The molecule has 4 aliphatic carbocycles. The molecule has 62 heavy (non-hydrogen) atoms. The monoisotopic (exact) mass is 872 g/mol. The first kappa shape index (κ1) is 47.0. The molecule has 0 aromatic heterocycles. The number of hydrogen-bond donors (Lipinski definition) is 5. The van der Waals surface area contributed by atoms with Crippen molar-refractivity contribution < 1.29 is 73.1 Å². The van der Waals surface area contributed by atoms with Crippen LogP contribution < -0.4 is 4.74 Å². The number of carbonyl (C=O) groups excluding carboxylic acids is 3. The van der Waals surface area contributed by atoms with Gasteiger partial charge in [0.2, 0.25) is 0 Å². The molecule has 2 saturated heterocycles. The molecule has 6 aliphatic rings. The summed E-state index contributed by atoms with van der Waals surface area (Å²) in [6.45, 7) is 8.70. The lowest BCUT2D eigenvalue weighted by molar-refractivity contribution is -0.345. The second kappa shape index (κ2) is 18.9. The molecule has 1 aromatic carbocycles. The lowest BCUT2D eigenvalue weighted by Gasteiger charge is -2.59. The van der Waals surface area contributed by atoms with E-state index < -0.39 is 90.8 Å². The summed E-state index contributed by atoms with van der Waals surface area (Å²) in [6.07, 6.45) is -3.18. The number of fused-ring (bicyclic) bond motifs is 5. The highest BCUT2D eigenvalue weighted by molar-refractivity contribution is 5.89. The van der Waals surface area contributed by atoms with Crippen molar-refractivity contribution in [3.05, 3.63) is 41.5 Å². The van der Waals surface area contributed by atoms with Crippen LogP contribution in [0.1, 0.15) is 116 Å². The second-order valence-corrected chi connectivity index (χ2v) is 19.2. The highest BCUT2D eigenvalue weighted by atomic mass is 16.8. The fourth-order valence-corrected chi connectivity index (χ4v) is 12.2. The van der Waals surface area contributed by atoms with Crippen LogP contribution in [0.4, 0.5) is 0 Å². The first-order valence-corrected chi connectivity index (χ1v) is 22.7. The number of benzene rings is 1. The number of carbonyl (C=O) groups is 3. The number of esters is 2. The van der Waals surface area contributed by atoms with Gasteiger partial charge in [0.05, 0.1) is 38.1 Å². The number of ketones is 1. The van der Waals surface area contributed by atoms with Gasteiger partial charge >= 0.3 is 11.9 Å². The van der Waals surface area contributed by atoms with Gasteiger partial charge in [-0.2, -0.15) is 0 Å². The van der Waals surface area contributed by atoms with E-state index in [1.165, 1.54) is 31.7 Å². The Labute approximate surface area is 364 Å². The average molecular weight is 873 g/mol. The van der Waals surface area contributed by atoms with Crippen LogP contribution in [-0.2, 0) is 38.0 Å². The molecule has 5 fully saturated rings. The van der Waals surface area contributed by atoms with E-state index >= 15 is 0 Å². The Kier molecular flexibility index (Phi) is 14.3. The van der Waals surface area contributed by atoms with Crippen molar-refractivity contribution >= 4 is 17.7 Å². The van der Waals surface area contributed by atoms with Crippen LogP contribution in [0.2, 0.25) is 0 Å². The van der Waals surface area contributed by atoms with Gasteiger partial charge in [0.15, 0.2) is 24.8 Å². The smallest absolute Gasteiger partial charge is 0.338 e. The molecule has 346 valence electrons. The summed E-state index contributed by atoms with van der Waals surface area (Å²) in [5, 5.41) is 57.1. The first-order chi connectivity index (χ1) is 29.5. The van der Waals surface area contributed by atoms with Gasteiger partial charge in [0, 0.05) is 24.7 Å². The highest BCUT2D eigenvalue weighted by Gasteiger charge is 2.70. The van der Waals surface area contributed by atoms with Crippen LogP contribution in [0.5, 0.6) is 5.75 Å². The molecular formula is C47H68O15. The van der Waals surface area contributed by atoms with Crippen LogP contribution in [0, 0.1) is 34.5 Å². The molecular weight excluding hydrogens is 805 g/mol. The zero-order valence-corrected chi connectivity index (χ0v) is 37.0. The Morgan fingerprint density at radius 3 is 2.24 bits per heavy atom. The van der Waals surface area contributed by atoms with E-state index in [1.54, 1.807) is 19.1 Å². The first-order valence-electron chi connectivity index (χ1n) is 22.7. The summed E-state index contributed by atoms with van der Waals surface area (Å²) < 4.78 is 41.7. The maximum absolute atomic E-state index is 14.1. The van der Waals surface area contributed by atoms with E-state index in [2.05, 4.69) is 26.8 Å². The minimum absolute atomic E-state index is 0.0540. The molecule has 17 atom stereocenters. The predicted octanol–water partition coefficient (Wildman–Crippen LogP) is 4.17. The summed E-state index contributed by atoms with van der Waals surface area (Å²) in [7, 11) is 1.48. The highest BCUT2D eigenvalue weighted by Crippen LogP contribution is 2.69. The molecule has 7 rings (SSSR count). The molecule has 0 bridgehead atoms. The zero-order valence-electron chi connectivity index (χ0n) is 37.0. The van der Waals surface area contributed by atoms with Gasteiger partial charge in [-0.1, -0.05) is 52.2 Å². The van der Waals surface area contributed by atoms with E-state index in [4.69, 9.17) is 33.2 Å². The Bertz CT molecular complexity index is 1790. The maximum Gasteiger partial charge on any atom is 0.338 e. The van der Waals surface area contributed by atoms with Gasteiger partial charge < -0.3 is 58.7 Å². The molecule has 3 saturated carbocycles. The molecule has 5 N–H and O–H groups in total. The van der Waals surface area contributed by atoms with Crippen LogP contribution in [-0.4, -0.2) is 131 Å². The molecule has 2 heterocycles. The van der Waals surface area contributed by atoms with Gasteiger partial charge in [-0.05, 0) is 98.8 Å². The molecule has 0 radical (unpaired) electrons. The molecule has 1 aromatic rings. The van der Waals surface area contributed by atoms with Gasteiger partial charge in [-0.3, -0.25) is 9.59 Å². The molecule has 15 heteroatoms. The lowest BCUT2D eigenvalue weighted by atomic mass is 9.46. The van der Waals surface area contributed by atoms with Gasteiger partial charge in [0.1, 0.15) is 41.5 Å². The third-order valence-electron chi connectivity index (χ3n) is 15.8. The zero-order chi connectivity index (χ0) is 44.7. The van der Waals surface area contributed by atoms with E-state index in [1.807, 2.05) is 0 Å². The number of aliphatic hydroxyl groups is 5. The van der Waals surface area contributed by atoms with E-state index in [-0.39, 0.29) is 41.3 Å². The number of methoxy groups -OCH3 is 1. The minimum atomic E-state index is -1.66. The predicted molar refractivity (Wildman–Crippen MR) is 221 cm³/mol. The molecule has 0 spiro atoms. The summed E-state index contributed by atoms with van der Waals surface area (Å²) in [4.78, 5) is 40.2. The standard InChI is InChI=1S/C47H68O15/c1-7-8-9-10-34(50)25(2)47(55)37(22-33-31-16-13-28-21-29(49)17-19-45(28,4)32(31)18-20-46(33,47)5)60-44-41(59-26(3)48)39(36(52)24-58-44)62-43-40(38(53)35(51)23-57-43)61-42(54)27-11-14-30(56-6)15-12-27/h11-15,25,29,31-33,35-41,43-44,49,51-53,55H,7-10,16-24H2,1-6H3/t25-,29+,31-,32+,33+,35-,36+,37+,38+,39+,40-,41-,43+,44+,45+,46+,47-/m1/s1. The second-order valence-electron chi connectivity index (χ2n) is 19.2. The maximum atomic E-state index is 14.1. The van der Waals surface area contributed by atoms with Crippen LogP contribution >= 0.6 is 0 Å². The van der Waals surface area contributed by atoms with Gasteiger partial charge in [-0.15, -0.1) is 0 Å². The fourth-order valence-electron chi connectivity index (χ4n) is 12.2. The van der Waals surface area contributed by atoms with Crippen molar-refractivity contribution in [2.75, 3.05) is 20.3 Å². The molecule has 0 amide bonds. The SMILES string of the molecule is CCCCCC(=O)[C@@H](C)[C@@]1(O)[C@@H](O[C@@H]2OC[C@H](O)[C@H](O[C@@H]3OC[C@@H](O)[C@H](O)[C@H]3OC(=O)c3ccc(OC)cc3)[C@H]2OC(C)=O)C[C@H]2[C@@H]3CC=C4C[C@@H](O)CC[C@]4(C)[C@H]3CC[C@@]21C. The van der Waals surface area contributed by atoms with Crippen molar-refractivity contribution in [2.45, 2.75) is 172 Å². The van der Waals surface area contributed by atoms with Crippen molar-refractivity contribution in [1.82, 2.24) is 0 Å². The van der Waals surface area contributed by atoms with Gasteiger partial charge in [0.25, 0.3) is 0 Å². The van der Waals surface area contributed by atoms with Crippen molar-refractivity contribution in [3.63, 3.8) is 0 Å². The number of allylic oxidation sites excluding steroid dienone is 1. The number of Topliss-reactive ketones (excluding diaryl/α,β-unsaturated/α-hetero) is 1. The summed E-state index contributed by atoms with van der Waals surface area (Å²) in [5.41, 5.74) is -1.06. The van der Waals surface area contributed by atoms with Crippen LogP contribution in [0.15, 0.2) is 35.9 Å². The largest absolute Gasteiger partial charge is 0.497 e. The number of ether oxygens (including phenoxy) is 7. The third-order valence-corrected chi connectivity index (χ3v) is 15.8. The van der Waals surface area contributed by atoms with Crippen LogP contribution in [0.3, 0.4) is 0 Å². The van der Waals surface area contributed by atoms with Gasteiger partial charge in [-0.25, -0.2) is 4.79 Å². The molecule has 15 nitrogen and oxygen atoms in total. The van der Waals surface area contributed by atoms with E-state index in [9.17, 15) is 39.9 Å². The number of rotatable bonds is 14. The van der Waals surface area contributed by atoms with E-state index in [0.717, 1.165) is 38.5 Å². The Morgan fingerprint density at radius 1 is 0.871 bits per heavy atom. The van der Waals surface area contributed by atoms with Crippen molar-refractivity contribution in [1.29, 1.82) is 0 Å². The summed E-state index contributed by atoms with van der Waals surface area (Å²) in [6, 6.07) is 6.05. The normalized spacial score (nSPS) is 42.0. The van der Waals surface area contributed by atoms with Crippen LogP contribution in [0.25, 0.3) is 0 Å². The molecule has 2 aliphatic heterocycles. The number of hydrogen-bond acceptors (Lipinski definition) is 15. The minimum Gasteiger partial charge on any atom is -0.497 e. The summed E-state index contributed by atoms with van der Waals surface area (Å²) >= 11 is 0. The average Bonchev–Trinajstić information content (AvgIpc) is 3.48. The third kappa shape index (κ3) is 8.62. The quantitative estimate of drug-likeness (QED) is 0.101. The van der Waals surface area contributed by atoms with E-state index in [0.29, 0.717) is 43.8 Å². The number of aliphatic hydroxyl groups excluding tert-OH is 4. The Morgan fingerprint density at radius 2 is 1.56 bits per heavy atom. The van der Waals surface area contributed by atoms with Crippen molar-refractivity contribution in [2.24, 2.45) is 34.5 Å². The fraction of sp³-hybridized carbons (Fsp3) is 0.766. The Hall–Kier alpha value is -2.99. The Balaban J connectivity index is 1.18.